The van der Waals surface area contributed by atoms with Gasteiger partial charge in [-0.25, -0.2) is 0 Å². The Bertz CT molecular complexity index is 333. The molecule has 0 heterocycles. The van der Waals surface area contributed by atoms with E-state index in [4.69, 9.17) is 0 Å². The number of nitrogens with zero attached hydrogens (tertiary/aromatic N) is 1. The van der Waals surface area contributed by atoms with Crippen molar-refractivity contribution in [2.45, 2.75) is 32.4 Å². The average Bonchev–Trinajstić information content (AvgIpc) is 3.04. The fraction of sp³-hybridized carbons (Fsp3) is 0.538. The molecule has 2 rings (SSSR count). The fourth-order valence-corrected chi connectivity index (χ4v) is 2.39. The van der Waals surface area contributed by atoms with Crippen LogP contribution in [0.4, 0.5) is 0 Å². The van der Waals surface area contributed by atoms with E-state index >= 15 is 0 Å². The van der Waals surface area contributed by atoms with Gasteiger partial charge in [0.15, 0.2) is 0 Å². The summed E-state index contributed by atoms with van der Waals surface area (Å²) in [4.78, 5) is 2.46. The van der Waals surface area contributed by atoms with Crippen LogP contribution in [0.3, 0.4) is 0 Å². The first kappa shape index (κ1) is 11.2. The third-order valence-corrected chi connectivity index (χ3v) is 4.15. The molecule has 0 aromatic heterocycles. The highest BCUT2D eigenvalue weighted by atomic mass is 79.9. The molecule has 1 aromatic rings. The van der Waals surface area contributed by atoms with Crippen molar-refractivity contribution in [1.29, 1.82) is 0 Å². The second-order valence-electron chi connectivity index (χ2n) is 4.58. The summed E-state index contributed by atoms with van der Waals surface area (Å²) < 4.78 is 1.22. The summed E-state index contributed by atoms with van der Waals surface area (Å²) in [5.41, 5.74) is 1.38. The number of rotatable bonds is 4. The molecule has 1 aliphatic carbocycles. The predicted molar refractivity (Wildman–Crippen MR) is 67.8 cm³/mol. The lowest BCUT2D eigenvalue weighted by Crippen LogP contribution is -2.30. The zero-order valence-corrected chi connectivity index (χ0v) is 11.0. The molecular formula is C13H18BrN. The van der Waals surface area contributed by atoms with Gasteiger partial charge in [-0.05, 0) is 44.4 Å². The Morgan fingerprint density at radius 2 is 2.07 bits per heavy atom. The van der Waals surface area contributed by atoms with Gasteiger partial charge in [-0.3, -0.25) is 4.90 Å². The molecule has 1 atom stereocenters. The lowest BCUT2D eigenvalue weighted by atomic mass is 10.1. The van der Waals surface area contributed by atoms with Crippen molar-refractivity contribution in [3.8, 4) is 0 Å². The minimum atomic E-state index is 0.720. The van der Waals surface area contributed by atoms with Crippen LogP contribution in [0.25, 0.3) is 0 Å². The first-order valence-electron chi connectivity index (χ1n) is 5.62. The van der Waals surface area contributed by atoms with Crippen molar-refractivity contribution in [1.82, 2.24) is 4.90 Å². The Labute approximate surface area is 101 Å². The summed E-state index contributed by atoms with van der Waals surface area (Å²) in [6, 6.07) is 9.20. The van der Waals surface area contributed by atoms with Gasteiger partial charge in [0.25, 0.3) is 0 Å². The maximum Gasteiger partial charge on any atom is 0.0244 e. The Hall–Kier alpha value is -0.340. The Balaban J connectivity index is 1.98. The van der Waals surface area contributed by atoms with Crippen LogP contribution in [0.5, 0.6) is 0 Å². The summed E-state index contributed by atoms with van der Waals surface area (Å²) in [5.74, 6) is 0.942. The summed E-state index contributed by atoms with van der Waals surface area (Å²) in [5, 5.41) is 0. The van der Waals surface area contributed by atoms with Crippen molar-refractivity contribution < 1.29 is 0 Å². The highest BCUT2D eigenvalue weighted by molar-refractivity contribution is 9.10. The molecule has 0 radical (unpaired) electrons. The lowest BCUT2D eigenvalue weighted by Gasteiger charge is -2.25. The van der Waals surface area contributed by atoms with Crippen LogP contribution in [-0.2, 0) is 6.54 Å². The molecule has 82 valence electrons. The average molecular weight is 268 g/mol. The van der Waals surface area contributed by atoms with Gasteiger partial charge in [-0.2, -0.15) is 0 Å². The Morgan fingerprint density at radius 1 is 1.40 bits per heavy atom. The zero-order valence-electron chi connectivity index (χ0n) is 9.41. The van der Waals surface area contributed by atoms with E-state index in [0.29, 0.717) is 0 Å². The van der Waals surface area contributed by atoms with E-state index in [2.05, 4.69) is 59.1 Å². The molecule has 0 amide bonds. The molecule has 1 nitrogen and oxygen atoms in total. The molecule has 15 heavy (non-hydrogen) atoms. The zero-order chi connectivity index (χ0) is 10.8. The normalized spacial score (nSPS) is 18.1. The molecule has 1 aromatic carbocycles. The maximum absolute atomic E-state index is 3.60. The third-order valence-electron chi connectivity index (χ3n) is 3.38. The quantitative estimate of drug-likeness (QED) is 0.805. The maximum atomic E-state index is 3.60. The van der Waals surface area contributed by atoms with Crippen LogP contribution in [0, 0.1) is 5.92 Å². The van der Waals surface area contributed by atoms with Crippen molar-refractivity contribution in [3.63, 3.8) is 0 Å². The largest absolute Gasteiger partial charge is 0.299 e. The molecule has 0 spiro atoms. The molecule has 0 N–H and O–H groups in total. The molecule has 0 bridgehead atoms. The lowest BCUT2D eigenvalue weighted by molar-refractivity contribution is 0.226. The van der Waals surface area contributed by atoms with E-state index in [1.165, 1.54) is 22.9 Å². The molecule has 1 aliphatic rings. The van der Waals surface area contributed by atoms with Gasteiger partial charge < -0.3 is 0 Å². The topological polar surface area (TPSA) is 3.24 Å². The molecular weight excluding hydrogens is 250 g/mol. The first-order valence-corrected chi connectivity index (χ1v) is 6.41. The van der Waals surface area contributed by atoms with E-state index in [1.807, 2.05) is 0 Å². The van der Waals surface area contributed by atoms with Gasteiger partial charge in [0.05, 0.1) is 0 Å². The SMILES string of the molecule is CC(C1CC1)N(C)Cc1ccccc1Br. The van der Waals surface area contributed by atoms with Crippen molar-refractivity contribution >= 4 is 15.9 Å². The fourth-order valence-electron chi connectivity index (χ4n) is 1.98. The monoisotopic (exact) mass is 267 g/mol. The van der Waals surface area contributed by atoms with Crippen LogP contribution in [0.15, 0.2) is 28.7 Å². The van der Waals surface area contributed by atoms with Crippen molar-refractivity contribution in [2.75, 3.05) is 7.05 Å². The molecule has 2 heteroatoms. The summed E-state index contributed by atoms with van der Waals surface area (Å²) >= 11 is 3.60. The van der Waals surface area contributed by atoms with Crippen molar-refractivity contribution in [2.24, 2.45) is 5.92 Å². The standard InChI is InChI=1S/C13H18BrN/c1-10(11-7-8-11)15(2)9-12-5-3-4-6-13(12)14/h3-6,10-11H,7-9H2,1-2H3. The summed E-state index contributed by atoms with van der Waals surface area (Å²) in [7, 11) is 2.22. The first-order chi connectivity index (χ1) is 7.18. The Kier molecular flexibility index (Phi) is 3.47. The summed E-state index contributed by atoms with van der Waals surface area (Å²) in [6.07, 6.45) is 2.84. The number of hydrogen-bond donors (Lipinski definition) is 0. The smallest absolute Gasteiger partial charge is 0.0244 e. The van der Waals surface area contributed by atoms with Gasteiger partial charge >= 0.3 is 0 Å². The van der Waals surface area contributed by atoms with Gasteiger partial charge in [-0.1, -0.05) is 34.1 Å². The number of halogens is 1. The highest BCUT2D eigenvalue weighted by Gasteiger charge is 2.30. The van der Waals surface area contributed by atoms with E-state index in [-0.39, 0.29) is 0 Å². The van der Waals surface area contributed by atoms with Crippen LogP contribution in [0.2, 0.25) is 0 Å². The number of hydrogen-bond acceptors (Lipinski definition) is 1. The van der Waals surface area contributed by atoms with E-state index in [0.717, 1.165) is 18.5 Å². The minimum Gasteiger partial charge on any atom is -0.299 e. The van der Waals surface area contributed by atoms with E-state index < -0.39 is 0 Å². The molecule has 1 saturated carbocycles. The summed E-state index contributed by atoms with van der Waals surface area (Å²) in [6.45, 7) is 3.38. The molecule has 0 saturated heterocycles. The van der Waals surface area contributed by atoms with Gasteiger partial charge in [-0.15, -0.1) is 0 Å². The van der Waals surface area contributed by atoms with Gasteiger partial charge in [0, 0.05) is 17.1 Å². The van der Waals surface area contributed by atoms with E-state index in [1.54, 1.807) is 0 Å². The van der Waals surface area contributed by atoms with Gasteiger partial charge in [0.2, 0.25) is 0 Å². The third kappa shape index (κ3) is 2.82. The van der Waals surface area contributed by atoms with Crippen LogP contribution in [-0.4, -0.2) is 18.0 Å². The second-order valence-corrected chi connectivity index (χ2v) is 5.44. The van der Waals surface area contributed by atoms with Crippen LogP contribution in [0.1, 0.15) is 25.3 Å². The predicted octanol–water partition coefficient (Wildman–Crippen LogP) is 3.68. The number of benzene rings is 1. The van der Waals surface area contributed by atoms with Gasteiger partial charge in [0.1, 0.15) is 0 Å². The molecule has 0 aliphatic heterocycles. The minimum absolute atomic E-state index is 0.720. The van der Waals surface area contributed by atoms with Crippen LogP contribution < -0.4 is 0 Å². The van der Waals surface area contributed by atoms with Crippen LogP contribution >= 0.6 is 15.9 Å². The molecule has 1 unspecified atom stereocenters. The van der Waals surface area contributed by atoms with Crippen molar-refractivity contribution in [3.05, 3.63) is 34.3 Å². The molecule has 1 fully saturated rings. The van der Waals surface area contributed by atoms with E-state index in [9.17, 15) is 0 Å². The Morgan fingerprint density at radius 3 is 2.67 bits per heavy atom. The highest BCUT2D eigenvalue weighted by Crippen LogP contribution is 2.35. The second kappa shape index (κ2) is 4.67.